The minimum Gasteiger partial charge on any atom is -0.496 e. The van der Waals surface area contributed by atoms with Crippen molar-refractivity contribution < 1.29 is 4.74 Å². The Balaban J connectivity index is 2.18. The summed E-state index contributed by atoms with van der Waals surface area (Å²) in [5.41, 5.74) is 0. The van der Waals surface area contributed by atoms with Gasteiger partial charge in [0.2, 0.25) is 0 Å². The summed E-state index contributed by atoms with van der Waals surface area (Å²) in [4.78, 5) is 4.08. The van der Waals surface area contributed by atoms with Crippen LogP contribution in [0.2, 0.25) is 0 Å². The van der Waals surface area contributed by atoms with Gasteiger partial charge in [-0.1, -0.05) is 0 Å². The van der Waals surface area contributed by atoms with Gasteiger partial charge in [-0.3, -0.25) is 5.10 Å². The highest BCUT2D eigenvalue weighted by molar-refractivity contribution is 5.13. The average molecular weight is 180 g/mol. The van der Waals surface area contributed by atoms with Crippen molar-refractivity contribution >= 4 is 0 Å². The molecule has 0 spiro atoms. The molecule has 2 rings (SSSR count). The molecule has 13 heavy (non-hydrogen) atoms. The van der Waals surface area contributed by atoms with Crippen molar-refractivity contribution in [1.29, 1.82) is 0 Å². The van der Waals surface area contributed by atoms with Crippen LogP contribution in [0, 0.1) is 0 Å². The Kier molecular flexibility index (Phi) is 2.27. The molecule has 0 saturated carbocycles. The zero-order chi connectivity index (χ0) is 9.10. The molecule has 5 nitrogen and oxygen atoms in total. The fourth-order valence-electron chi connectivity index (χ4n) is 1.41. The van der Waals surface area contributed by atoms with Crippen molar-refractivity contribution in [3.05, 3.63) is 24.0 Å². The van der Waals surface area contributed by atoms with E-state index in [0.717, 1.165) is 24.6 Å². The van der Waals surface area contributed by atoms with E-state index >= 15 is 0 Å². The van der Waals surface area contributed by atoms with E-state index in [1.54, 1.807) is 0 Å². The Morgan fingerprint density at radius 2 is 2.62 bits per heavy atom. The second-order valence-electron chi connectivity index (χ2n) is 2.84. The summed E-state index contributed by atoms with van der Waals surface area (Å²) in [6.45, 7) is 0.766. The van der Waals surface area contributed by atoms with Gasteiger partial charge in [-0.25, -0.2) is 4.98 Å². The first-order valence-electron chi connectivity index (χ1n) is 4.27. The quantitative estimate of drug-likeness (QED) is 0.705. The molecule has 1 aromatic heterocycles. The van der Waals surface area contributed by atoms with E-state index in [1.807, 2.05) is 7.05 Å². The molecular weight excluding hydrogens is 168 g/mol. The number of H-pyrrole nitrogens is 1. The summed E-state index contributed by atoms with van der Waals surface area (Å²) < 4.78 is 5.44. The van der Waals surface area contributed by atoms with E-state index in [-0.39, 0.29) is 6.04 Å². The largest absolute Gasteiger partial charge is 0.496 e. The van der Waals surface area contributed by atoms with E-state index < -0.39 is 0 Å². The maximum Gasteiger partial charge on any atom is 0.149 e. The lowest BCUT2D eigenvalue weighted by Crippen LogP contribution is -2.20. The second-order valence-corrected chi connectivity index (χ2v) is 2.84. The van der Waals surface area contributed by atoms with Crippen molar-refractivity contribution in [3.63, 3.8) is 0 Å². The van der Waals surface area contributed by atoms with E-state index in [0.29, 0.717) is 0 Å². The number of ether oxygens (including phenoxy) is 1. The Hall–Kier alpha value is -1.36. The van der Waals surface area contributed by atoms with Crippen LogP contribution in [0.4, 0.5) is 0 Å². The number of hydrogen-bond donors (Lipinski definition) is 2. The first-order valence-corrected chi connectivity index (χ1v) is 4.27. The third kappa shape index (κ3) is 1.55. The second kappa shape index (κ2) is 3.57. The summed E-state index contributed by atoms with van der Waals surface area (Å²) in [6.07, 6.45) is 4.54. The first kappa shape index (κ1) is 8.25. The minimum absolute atomic E-state index is 0.00463. The number of nitrogens with zero attached hydrogens (tertiary/aromatic N) is 2. The fourth-order valence-corrected chi connectivity index (χ4v) is 1.41. The molecule has 0 saturated heterocycles. The molecule has 2 heterocycles. The van der Waals surface area contributed by atoms with Gasteiger partial charge < -0.3 is 10.1 Å². The van der Waals surface area contributed by atoms with Crippen LogP contribution in [0.5, 0.6) is 0 Å². The minimum atomic E-state index is 0.00463. The van der Waals surface area contributed by atoms with Crippen molar-refractivity contribution in [1.82, 2.24) is 20.5 Å². The number of aromatic nitrogens is 3. The molecule has 0 bridgehead atoms. The van der Waals surface area contributed by atoms with Crippen LogP contribution in [-0.4, -0.2) is 28.8 Å². The van der Waals surface area contributed by atoms with E-state index in [9.17, 15) is 0 Å². The van der Waals surface area contributed by atoms with E-state index in [1.165, 1.54) is 6.33 Å². The molecule has 0 radical (unpaired) electrons. The van der Waals surface area contributed by atoms with Crippen molar-refractivity contribution in [3.8, 4) is 0 Å². The molecule has 0 aliphatic carbocycles. The number of nitrogens with one attached hydrogen (secondary N) is 2. The molecule has 0 aromatic carbocycles. The lowest BCUT2D eigenvalue weighted by Gasteiger charge is -2.13. The number of likely N-dealkylation sites (N-methyl/N-ethyl adjacent to an activating group) is 1. The van der Waals surface area contributed by atoms with Gasteiger partial charge in [0.25, 0.3) is 0 Å². The Labute approximate surface area is 76.2 Å². The number of rotatable bonds is 3. The van der Waals surface area contributed by atoms with Crippen LogP contribution in [0.1, 0.15) is 18.3 Å². The van der Waals surface area contributed by atoms with Crippen molar-refractivity contribution in [2.45, 2.75) is 12.5 Å². The fraction of sp³-hybridized carbons (Fsp3) is 0.500. The highest BCUT2D eigenvalue weighted by Gasteiger charge is 2.21. The van der Waals surface area contributed by atoms with E-state index in [4.69, 9.17) is 4.74 Å². The monoisotopic (exact) mass is 180 g/mol. The highest BCUT2D eigenvalue weighted by Crippen LogP contribution is 2.22. The van der Waals surface area contributed by atoms with Crippen LogP contribution < -0.4 is 5.32 Å². The first-order chi connectivity index (χ1) is 6.42. The molecule has 0 amide bonds. The molecule has 70 valence electrons. The lowest BCUT2D eigenvalue weighted by atomic mass is 10.2. The summed E-state index contributed by atoms with van der Waals surface area (Å²) in [6, 6.07) is 0.00463. The van der Waals surface area contributed by atoms with Gasteiger partial charge in [-0.2, -0.15) is 5.10 Å². The molecule has 5 heteroatoms. The zero-order valence-electron chi connectivity index (χ0n) is 7.45. The summed E-state index contributed by atoms with van der Waals surface area (Å²) in [7, 11) is 1.87. The molecule has 0 fully saturated rings. The highest BCUT2D eigenvalue weighted by atomic mass is 16.5. The van der Waals surface area contributed by atoms with Gasteiger partial charge in [0.05, 0.1) is 6.61 Å². The predicted octanol–water partition coefficient (Wildman–Crippen LogP) is 0.369. The van der Waals surface area contributed by atoms with Gasteiger partial charge in [0.1, 0.15) is 24.0 Å². The van der Waals surface area contributed by atoms with Crippen LogP contribution >= 0.6 is 0 Å². The average Bonchev–Trinajstić information content (AvgIpc) is 2.76. The van der Waals surface area contributed by atoms with Gasteiger partial charge in [-0.05, 0) is 13.1 Å². The van der Waals surface area contributed by atoms with Crippen LogP contribution in [0.25, 0.3) is 0 Å². The molecule has 1 aliphatic rings. The lowest BCUT2D eigenvalue weighted by molar-refractivity contribution is 0.216. The maximum atomic E-state index is 5.44. The Morgan fingerprint density at radius 3 is 3.15 bits per heavy atom. The summed E-state index contributed by atoms with van der Waals surface area (Å²) in [5, 5.41) is 9.74. The Bertz CT molecular complexity index is 293. The Morgan fingerprint density at radius 1 is 1.69 bits per heavy atom. The zero-order valence-corrected chi connectivity index (χ0v) is 7.45. The predicted molar refractivity (Wildman–Crippen MR) is 46.8 cm³/mol. The maximum absolute atomic E-state index is 5.44. The molecule has 2 N–H and O–H groups in total. The van der Waals surface area contributed by atoms with E-state index in [2.05, 4.69) is 26.6 Å². The van der Waals surface area contributed by atoms with Crippen LogP contribution in [-0.2, 0) is 4.74 Å². The van der Waals surface area contributed by atoms with Gasteiger partial charge in [0.15, 0.2) is 0 Å². The normalized spacial score (nSPS) is 18.1. The topological polar surface area (TPSA) is 62.8 Å². The standard InChI is InChI=1S/C8H12N4O/c1-9-7(6-3-2-4-13-6)8-10-5-11-12-8/h3,5,7,9H,2,4H2,1H3,(H,10,11,12). The molecule has 1 unspecified atom stereocenters. The third-order valence-electron chi connectivity index (χ3n) is 2.01. The van der Waals surface area contributed by atoms with Gasteiger partial charge in [-0.15, -0.1) is 0 Å². The van der Waals surface area contributed by atoms with Crippen LogP contribution in [0.15, 0.2) is 18.2 Å². The van der Waals surface area contributed by atoms with Crippen molar-refractivity contribution in [2.75, 3.05) is 13.7 Å². The van der Waals surface area contributed by atoms with Gasteiger partial charge >= 0.3 is 0 Å². The summed E-state index contributed by atoms with van der Waals surface area (Å²) >= 11 is 0. The smallest absolute Gasteiger partial charge is 0.149 e. The molecule has 1 aliphatic heterocycles. The molecule has 1 aromatic rings. The SMILES string of the molecule is CNC(C1=CCCO1)c1ncn[nH]1. The van der Waals surface area contributed by atoms with Crippen LogP contribution in [0.3, 0.4) is 0 Å². The third-order valence-corrected chi connectivity index (χ3v) is 2.01. The molecule has 1 atom stereocenters. The molecular formula is C8H12N4O. The van der Waals surface area contributed by atoms with Gasteiger partial charge in [0, 0.05) is 6.42 Å². The number of aromatic amines is 1. The number of hydrogen-bond acceptors (Lipinski definition) is 4. The summed E-state index contributed by atoms with van der Waals surface area (Å²) in [5.74, 6) is 1.72. The van der Waals surface area contributed by atoms with Crippen molar-refractivity contribution in [2.24, 2.45) is 0 Å².